The smallest absolute Gasteiger partial charge is 0.0923 e. The maximum Gasteiger partial charge on any atom is 0.0923 e. The number of hydrogen-bond donors (Lipinski definition) is 1. The fourth-order valence-corrected chi connectivity index (χ4v) is 4.18. The van der Waals surface area contributed by atoms with E-state index in [-0.39, 0.29) is 0 Å². The van der Waals surface area contributed by atoms with E-state index in [1.807, 2.05) is 29.6 Å². The molecule has 0 atom stereocenters. The third-order valence-electron chi connectivity index (χ3n) is 3.01. The van der Waals surface area contributed by atoms with E-state index in [0.29, 0.717) is 0 Å². The summed E-state index contributed by atoms with van der Waals surface area (Å²) in [6.45, 7) is 2.15. The largest absolute Gasteiger partial charge is 0.385 e. The first kappa shape index (κ1) is 12.3. The van der Waals surface area contributed by atoms with E-state index in [4.69, 9.17) is 0 Å². The molecule has 0 saturated carbocycles. The van der Waals surface area contributed by atoms with Crippen molar-refractivity contribution in [2.75, 3.05) is 17.3 Å². The molecule has 1 aliphatic heterocycles. The van der Waals surface area contributed by atoms with Crippen molar-refractivity contribution >= 4 is 23.5 Å². The number of benzene rings is 1. The minimum atomic E-state index is -0.579. The molecule has 1 heterocycles. The molecular formula is C13H18OS2. The van der Waals surface area contributed by atoms with Crippen LogP contribution in [-0.4, -0.2) is 22.4 Å². The van der Waals surface area contributed by atoms with Gasteiger partial charge in [0.15, 0.2) is 0 Å². The van der Waals surface area contributed by atoms with Gasteiger partial charge in [-0.1, -0.05) is 25.1 Å². The molecular weight excluding hydrogens is 236 g/mol. The third kappa shape index (κ3) is 2.58. The van der Waals surface area contributed by atoms with Gasteiger partial charge in [0.1, 0.15) is 0 Å². The summed E-state index contributed by atoms with van der Waals surface area (Å²) < 4.78 is 0. The van der Waals surface area contributed by atoms with Crippen molar-refractivity contribution in [2.45, 2.75) is 30.3 Å². The second kappa shape index (κ2) is 5.48. The van der Waals surface area contributed by atoms with Gasteiger partial charge in [0.05, 0.1) is 5.60 Å². The molecule has 1 aromatic rings. The maximum atomic E-state index is 10.7. The van der Waals surface area contributed by atoms with Crippen LogP contribution in [-0.2, 0) is 5.60 Å². The molecule has 2 rings (SSSR count). The lowest BCUT2D eigenvalue weighted by Gasteiger charge is -2.33. The molecule has 0 aliphatic carbocycles. The summed E-state index contributed by atoms with van der Waals surface area (Å²) in [6.07, 6.45) is 1.78. The SMILES string of the molecule is CCSc1ccccc1C1(O)CCSCC1. The molecule has 0 bridgehead atoms. The van der Waals surface area contributed by atoms with E-state index in [1.54, 1.807) is 0 Å². The summed E-state index contributed by atoms with van der Waals surface area (Å²) in [5.41, 5.74) is 0.562. The Morgan fingerprint density at radius 3 is 2.69 bits per heavy atom. The van der Waals surface area contributed by atoms with Crippen molar-refractivity contribution in [2.24, 2.45) is 0 Å². The average molecular weight is 254 g/mol. The summed E-state index contributed by atoms with van der Waals surface area (Å²) in [4.78, 5) is 1.25. The minimum absolute atomic E-state index is 0.579. The molecule has 1 aliphatic rings. The van der Waals surface area contributed by atoms with E-state index in [1.165, 1.54) is 4.90 Å². The first-order chi connectivity index (χ1) is 7.76. The first-order valence-corrected chi connectivity index (χ1v) is 7.93. The Morgan fingerprint density at radius 1 is 1.31 bits per heavy atom. The minimum Gasteiger partial charge on any atom is -0.385 e. The monoisotopic (exact) mass is 254 g/mol. The second-order valence-corrected chi connectivity index (χ2v) is 6.60. The highest BCUT2D eigenvalue weighted by Crippen LogP contribution is 2.40. The molecule has 3 heteroatoms. The van der Waals surface area contributed by atoms with Crippen LogP contribution < -0.4 is 0 Å². The van der Waals surface area contributed by atoms with Crippen LogP contribution in [0.2, 0.25) is 0 Å². The van der Waals surface area contributed by atoms with E-state index in [2.05, 4.69) is 25.1 Å². The van der Waals surface area contributed by atoms with Gasteiger partial charge in [-0.15, -0.1) is 11.8 Å². The molecule has 1 fully saturated rings. The molecule has 16 heavy (non-hydrogen) atoms. The van der Waals surface area contributed by atoms with Gasteiger partial charge in [0.25, 0.3) is 0 Å². The van der Waals surface area contributed by atoms with Crippen LogP contribution in [0.15, 0.2) is 29.2 Å². The molecule has 0 unspecified atom stereocenters. The van der Waals surface area contributed by atoms with Crippen LogP contribution >= 0.6 is 23.5 Å². The summed E-state index contributed by atoms with van der Waals surface area (Å²) in [7, 11) is 0. The van der Waals surface area contributed by atoms with Crippen LogP contribution in [0.5, 0.6) is 0 Å². The molecule has 0 aromatic heterocycles. The predicted octanol–water partition coefficient (Wildman–Crippen LogP) is 3.51. The topological polar surface area (TPSA) is 20.2 Å². The zero-order valence-electron chi connectivity index (χ0n) is 9.61. The van der Waals surface area contributed by atoms with Gasteiger partial charge >= 0.3 is 0 Å². The fraction of sp³-hybridized carbons (Fsp3) is 0.538. The van der Waals surface area contributed by atoms with Crippen molar-refractivity contribution in [3.8, 4) is 0 Å². The maximum absolute atomic E-state index is 10.7. The van der Waals surface area contributed by atoms with Crippen molar-refractivity contribution in [1.29, 1.82) is 0 Å². The van der Waals surface area contributed by atoms with Gasteiger partial charge in [-0.2, -0.15) is 11.8 Å². The highest BCUT2D eigenvalue weighted by Gasteiger charge is 2.33. The number of thioether (sulfide) groups is 2. The lowest BCUT2D eigenvalue weighted by atomic mass is 9.88. The Bertz CT molecular complexity index is 346. The Labute approximate surface area is 106 Å². The first-order valence-electron chi connectivity index (χ1n) is 5.79. The van der Waals surface area contributed by atoms with Crippen molar-refractivity contribution in [1.82, 2.24) is 0 Å². The zero-order valence-corrected chi connectivity index (χ0v) is 11.2. The summed E-state index contributed by atoms with van der Waals surface area (Å²) in [6, 6.07) is 8.31. The number of aliphatic hydroxyl groups is 1. The van der Waals surface area contributed by atoms with Crippen LogP contribution in [0.1, 0.15) is 25.3 Å². The predicted molar refractivity (Wildman–Crippen MR) is 73.3 cm³/mol. The molecule has 1 N–H and O–H groups in total. The third-order valence-corrected chi connectivity index (χ3v) is 4.95. The highest BCUT2D eigenvalue weighted by molar-refractivity contribution is 7.99. The van der Waals surface area contributed by atoms with Gasteiger partial charge in [-0.3, -0.25) is 0 Å². The van der Waals surface area contributed by atoms with E-state index < -0.39 is 5.60 Å². The van der Waals surface area contributed by atoms with E-state index >= 15 is 0 Å². The second-order valence-electron chi connectivity index (χ2n) is 4.07. The molecule has 1 nitrogen and oxygen atoms in total. The lowest BCUT2D eigenvalue weighted by Crippen LogP contribution is -2.31. The van der Waals surface area contributed by atoms with Gasteiger partial charge in [0, 0.05) is 4.90 Å². The molecule has 0 radical (unpaired) electrons. The van der Waals surface area contributed by atoms with Crippen LogP contribution in [0.25, 0.3) is 0 Å². The van der Waals surface area contributed by atoms with Crippen molar-refractivity contribution in [3.05, 3.63) is 29.8 Å². The van der Waals surface area contributed by atoms with Gasteiger partial charge < -0.3 is 5.11 Å². The van der Waals surface area contributed by atoms with Gasteiger partial charge in [-0.05, 0) is 41.7 Å². The normalized spacial score (nSPS) is 19.6. The summed E-state index contributed by atoms with van der Waals surface area (Å²) >= 11 is 3.77. The van der Waals surface area contributed by atoms with Crippen molar-refractivity contribution in [3.63, 3.8) is 0 Å². The molecule has 88 valence electrons. The van der Waals surface area contributed by atoms with Crippen LogP contribution in [0.4, 0.5) is 0 Å². The van der Waals surface area contributed by atoms with Gasteiger partial charge in [0.2, 0.25) is 0 Å². The molecule has 0 spiro atoms. The molecule has 1 saturated heterocycles. The highest BCUT2D eigenvalue weighted by atomic mass is 32.2. The van der Waals surface area contributed by atoms with Crippen molar-refractivity contribution < 1.29 is 5.11 Å². The Morgan fingerprint density at radius 2 is 2.00 bits per heavy atom. The lowest BCUT2D eigenvalue weighted by molar-refractivity contribution is 0.0255. The Kier molecular flexibility index (Phi) is 4.22. The van der Waals surface area contributed by atoms with E-state index in [9.17, 15) is 5.11 Å². The standard InChI is InChI=1S/C13H18OS2/c1-2-16-12-6-4-3-5-11(12)13(14)7-9-15-10-8-13/h3-6,14H,2,7-10H2,1H3. The zero-order chi connectivity index (χ0) is 11.4. The quantitative estimate of drug-likeness (QED) is 0.834. The summed E-state index contributed by atoms with van der Waals surface area (Å²) in [5, 5.41) is 10.7. The molecule has 1 aromatic carbocycles. The van der Waals surface area contributed by atoms with Crippen LogP contribution in [0, 0.1) is 0 Å². The fourth-order valence-electron chi connectivity index (χ4n) is 2.11. The van der Waals surface area contributed by atoms with E-state index in [0.717, 1.165) is 35.7 Å². The number of rotatable bonds is 3. The average Bonchev–Trinajstić information content (AvgIpc) is 2.31. The van der Waals surface area contributed by atoms with Crippen LogP contribution in [0.3, 0.4) is 0 Å². The Hall–Kier alpha value is -0.120. The Balaban J connectivity index is 2.30. The molecule has 0 amide bonds. The number of hydrogen-bond acceptors (Lipinski definition) is 3. The van der Waals surface area contributed by atoms with Gasteiger partial charge in [-0.25, -0.2) is 0 Å². The summed E-state index contributed by atoms with van der Waals surface area (Å²) in [5.74, 6) is 3.20.